The van der Waals surface area contributed by atoms with Gasteiger partial charge in [0.15, 0.2) is 17.2 Å². The van der Waals surface area contributed by atoms with Gasteiger partial charge in [-0.25, -0.2) is 22.7 Å². The molecule has 0 radical (unpaired) electrons. The van der Waals surface area contributed by atoms with Crippen molar-refractivity contribution in [3.05, 3.63) is 88.8 Å². The number of rotatable bonds is 11. The molecule has 15 nitrogen and oxygen atoms in total. The maximum atomic E-state index is 15.9. The van der Waals surface area contributed by atoms with Crippen molar-refractivity contribution in [2.75, 3.05) is 73.3 Å². The van der Waals surface area contributed by atoms with E-state index in [4.69, 9.17) is 21.7 Å². The van der Waals surface area contributed by atoms with Crippen LogP contribution in [0.1, 0.15) is 47.3 Å². The summed E-state index contributed by atoms with van der Waals surface area (Å²) in [5.41, 5.74) is 7.57. The summed E-state index contributed by atoms with van der Waals surface area (Å²) in [5, 5.41) is 16.6. The first kappa shape index (κ1) is 42.0. The highest BCUT2D eigenvalue weighted by Crippen LogP contribution is 2.40. The fourth-order valence-electron chi connectivity index (χ4n) is 9.54. The normalized spacial score (nSPS) is 23.5. The molecule has 19 heteroatoms. The van der Waals surface area contributed by atoms with Gasteiger partial charge in [0, 0.05) is 94.9 Å². The molecule has 64 heavy (non-hydrogen) atoms. The van der Waals surface area contributed by atoms with Crippen LogP contribution < -0.4 is 31.1 Å². The predicted octanol–water partition coefficient (Wildman–Crippen LogP) is 5.27. The van der Waals surface area contributed by atoms with Crippen LogP contribution in [-0.2, 0) is 22.6 Å². The van der Waals surface area contributed by atoms with Crippen LogP contribution in [0.3, 0.4) is 0 Å². The highest BCUT2D eigenvalue weighted by molar-refractivity contribution is 6.33. The molecule has 1 aliphatic carbocycles. The van der Waals surface area contributed by atoms with Crippen molar-refractivity contribution in [3.8, 4) is 11.3 Å². The summed E-state index contributed by atoms with van der Waals surface area (Å²) in [4.78, 5) is 54.0. The molecule has 2 unspecified atom stereocenters. The van der Waals surface area contributed by atoms with Gasteiger partial charge in [-0.15, -0.1) is 5.10 Å². The first-order chi connectivity index (χ1) is 30.9. The van der Waals surface area contributed by atoms with Crippen molar-refractivity contribution in [1.29, 1.82) is 0 Å². The summed E-state index contributed by atoms with van der Waals surface area (Å²) in [6, 6.07) is 15.5. The average molecular weight is 897 g/mol. The number of amides is 3. The van der Waals surface area contributed by atoms with E-state index in [1.807, 2.05) is 64.4 Å². The molecule has 4 atom stereocenters. The molecule has 7 heterocycles. The summed E-state index contributed by atoms with van der Waals surface area (Å²) in [5.74, 6) is -3.36. The Morgan fingerprint density at radius 3 is 2.50 bits per heavy atom. The third-order valence-electron chi connectivity index (χ3n) is 13.1. The maximum absolute atomic E-state index is 15.9. The van der Waals surface area contributed by atoms with Crippen LogP contribution in [0.15, 0.2) is 67.0 Å². The monoisotopic (exact) mass is 896 g/mol. The van der Waals surface area contributed by atoms with Crippen LogP contribution in [0.25, 0.3) is 16.9 Å². The van der Waals surface area contributed by atoms with E-state index < -0.39 is 36.1 Å². The SMILES string of the molecule is CNc1cc(N2CCc3c(-c4ccc(CN5CC[C@H](N6CCN(c7ccc(NC8CCC(=O)NC8=O)c(Cl)c7)CC6)C(F)(F)C5)cn4)cccc32)nn2c(C(=O)NC3C[C@@H]3F)cnc12. The van der Waals surface area contributed by atoms with E-state index in [-0.39, 0.29) is 30.5 Å². The third-order valence-corrected chi connectivity index (χ3v) is 13.4. The molecule has 3 aromatic heterocycles. The summed E-state index contributed by atoms with van der Waals surface area (Å²) in [6.45, 7) is 3.36. The number of hydrogen-bond donors (Lipinski definition) is 4. The highest BCUT2D eigenvalue weighted by Gasteiger charge is 2.48. The highest BCUT2D eigenvalue weighted by atomic mass is 35.5. The lowest BCUT2D eigenvalue weighted by atomic mass is 9.97. The zero-order valence-corrected chi connectivity index (χ0v) is 35.9. The number of piperidine rings is 2. The van der Waals surface area contributed by atoms with Crippen LogP contribution in [0.5, 0.6) is 0 Å². The lowest BCUT2D eigenvalue weighted by Gasteiger charge is -2.46. The third kappa shape index (κ3) is 8.18. The smallest absolute Gasteiger partial charge is 0.275 e. The summed E-state index contributed by atoms with van der Waals surface area (Å²) in [6.07, 6.45) is 4.24. The fraction of sp³-hybridized carbons (Fsp3) is 0.422. The Hall–Kier alpha value is -5.98. The van der Waals surface area contributed by atoms with Crippen LogP contribution in [0.4, 0.5) is 41.7 Å². The quantitative estimate of drug-likeness (QED) is 0.128. The fourth-order valence-corrected chi connectivity index (χ4v) is 9.77. The summed E-state index contributed by atoms with van der Waals surface area (Å²) < 4.78 is 46.9. The van der Waals surface area contributed by atoms with Gasteiger partial charge < -0.3 is 25.8 Å². The Labute approximate surface area is 372 Å². The van der Waals surface area contributed by atoms with Crippen LogP contribution in [0.2, 0.25) is 5.02 Å². The Balaban J connectivity index is 0.754. The molecule has 0 spiro atoms. The van der Waals surface area contributed by atoms with E-state index >= 15 is 8.78 Å². The van der Waals surface area contributed by atoms with Crippen molar-refractivity contribution in [1.82, 2.24) is 40.0 Å². The van der Waals surface area contributed by atoms with E-state index in [0.29, 0.717) is 92.9 Å². The van der Waals surface area contributed by atoms with Crippen LogP contribution in [0, 0.1) is 0 Å². The van der Waals surface area contributed by atoms with Crippen molar-refractivity contribution >= 4 is 63.5 Å². The lowest BCUT2D eigenvalue weighted by molar-refractivity contribution is -0.133. The van der Waals surface area contributed by atoms with Crippen molar-refractivity contribution in [3.63, 3.8) is 0 Å². The number of aromatic nitrogens is 4. The molecule has 3 saturated heterocycles. The number of piperazine rings is 1. The molecule has 4 aliphatic heterocycles. The molecule has 3 amide bonds. The lowest BCUT2D eigenvalue weighted by Crippen LogP contribution is -2.61. The Bertz CT molecular complexity index is 2620. The minimum Gasteiger partial charge on any atom is -0.385 e. The number of carbonyl (C=O) groups excluding carboxylic acids is 3. The van der Waals surface area contributed by atoms with Gasteiger partial charge in [0.05, 0.1) is 46.9 Å². The molecular weight excluding hydrogens is 849 g/mol. The Morgan fingerprint density at radius 1 is 0.953 bits per heavy atom. The molecule has 10 rings (SSSR count). The number of carbonyl (C=O) groups is 3. The summed E-state index contributed by atoms with van der Waals surface area (Å²) in [7, 11) is 1.78. The van der Waals surface area contributed by atoms with Gasteiger partial charge in [-0.2, -0.15) is 0 Å². The van der Waals surface area contributed by atoms with Gasteiger partial charge >= 0.3 is 0 Å². The Morgan fingerprint density at radius 2 is 1.78 bits per heavy atom. The van der Waals surface area contributed by atoms with E-state index in [1.54, 1.807) is 13.2 Å². The predicted molar refractivity (Wildman–Crippen MR) is 237 cm³/mol. The standard InChI is InChI=1S/C45H48ClF3N12O3/c1-50-36-21-40(56-61-38(23-52-42(36)61)44(64)54-35-20-31(35)47)60-14-11-29-28(3-2-4-37(29)60)32-7-5-26(22-51-32)24-57-13-12-39(45(48,49)25-57)59-17-15-58(16-18-59)27-6-8-33(30(46)19-27)53-34-9-10-41(62)55-43(34)63/h2-8,19,21-23,31,34-35,39,50,53H,9-18,20,24-25H2,1H3,(H,54,64)(H,55,62,63)/t31-,34?,35?,39-/m0/s1. The number of halogens is 4. The van der Waals surface area contributed by atoms with E-state index in [1.165, 1.54) is 10.7 Å². The molecule has 4 N–H and O–H groups in total. The average Bonchev–Trinajstić information content (AvgIpc) is 3.59. The van der Waals surface area contributed by atoms with Gasteiger partial charge in [-0.05, 0) is 60.7 Å². The first-order valence-corrected chi connectivity index (χ1v) is 22.2. The van der Waals surface area contributed by atoms with Crippen molar-refractivity contribution in [2.24, 2.45) is 0 Å². The second-order valence-electron chi connectivity index (χ2n) is 17.2. The largest absolute Gasteiger partial charge is 0.385 e. The molecular formula is C45H48ClF3N12O3. The number of alkyl halides is 3. The maximum Gasteiger partial charge on any atom is 0.275 e. The zero-order valence-electron chi connectivity index (χ0n) is 35.2. The van der Waals surface area contributed by atoms with Crippen LogP contribution in [-0.4, -0.2) is 130 Å². The number of pyridine rings is 1. The number of likely N-dealkylation sites (tertiary alicyclic amines) is 1. The number of nitrogens with one attached hydrogen (secondary N) is 4. The number of nitrogens with zero attached hydrogens (tertiary/aromatic N) is 8. The van der Waals surface area contributed by atoms with Gasteiger partial charge in [0.25, 0.3) is 11.8 Å². The van der Waals surface area contributed by atoms with Crippen molar-refractivity contribution < 1.29 is 27.6 Å². The van der Waals surface area contributed by atoms with E-state index in [9.17, 15) is 18.8 Å². The number of imide groups is 1. The van der Waals surface area contributed by atoms with Gasteiger partial charge in [0.2, 0.25) is 11.8 Å². The second-order valence-corrected chi connectivity index (χ2v) is 17.7. The summed E-state index contributed by atoms with van der Waals surface area (Å²) >= 11 is 6.60. The number of hydrogen-bond acceptors (Lipinski definition) is 12. The van der Waals surface area contributed by atoms with Gasteiger partial charge in [-0.1, -0.05) is 29.8 Å². The van der Waals surface area contributed by atoms with Crippen LogP contribution >= 0.6 is 11.6 Å². The molecule has 1 saturated carbocycles. The van der Waals surface area contributed by atoms with Gasteiger partial charge in [0.1, 0.15) is 12.2 Å². The van der Waals surface area contributed by atoms with Crippen molar-refractivity contribution in [2.45, 2.75) is 68.9 Å². The second kappa shape index (κ2) is 16.9. The first-order valence-electron chi connectivity index (χ1n) is 21.8. The number of anilines is 5. The zero-order chi connectivity index (χ0) is 44.3. The molecule has 4 fully saturated rings. The van der Waals surface area contributed by atoms with E-state index in [2.05, 4.69) is 36.1 Å². The number of benzene rings is 2. The Kier molecular flexibility index (Phi) is 11.1. The molecule has 5 aromatic rings. The minimum atomic E-state index is -2.90. The topological polar surface area (TPSA) is 155 Å². The molecule has 334 valence electrons. The number of imidazole rings is 1. The molecule has 2 aromatic carbocycles. The molecule has 0 bridgehead atoms. The molecule has 5 aliphatic rings. The van der Waals surface area contributed by atoms with E-state index in [0.717, 1.165) is 40.2 Å². The van der Waals surface area contributed by atoms with Gasteiger partial charge in [-0.3, -0.25) is 34.5 Å². The number of fused-ring (bicyclic) bond motifs is 2. The minimum absolute atomic E-state index is 0.225.